The summed E-state index contributed by atoms with van der Waals surface area (Å²) in [5.74, 6) is -0.332. The summed E-state index contributed by atoms with van der Waals surface area (Å²) in [4.78, 5) is 21.9. The molecule has 1 N–H and O–H groups in total. The first-order chi connectivity index (χ1) is 15.4. The van der Waals surface area contributed by atoms with Crippen LogP contribution in [0.4, 0.5) is 0 Å². The van der Waals surface area contributed by atoms with E-state index in [1.54, 1.807) is 36.5 Å². The smallest absolute Gasteiger partial charge is 0.289 e. The van der Waals surface area contributed by atoms with Gasteiger partial charge in [-0.3, -0.25) is 4.79 Å². The molecule has 0 spiro atoms. The number of benzene rings is 3. The lowest BCUT2D eigenvalue weighted by atomic mass is 10.0. The van der Waals surface area contributed by atoms with Gasteiger partial charge in [0.25, 0.3) is 5.91 Å². The Hall–Kier alpha value is -2.92. The Morgan fingerprint density at radius 2 is 1.56 bits per heavy atom. The van der Waals surface area contributed by atoms with Crippen molar-refractivity contribution in [3.05, 3.63) is 105 Å². The minimum atomic E-state index is -0.379. The first-order valence-electron chi connectivity index (χ1n) is 9.86. The molecule has 4 rings (SSSR count). The predicted molar refractivity (Wildman–Crippen MR) is 130 cm³/mol. The van der Waals surface area contributed by atoms with E-state index in [-0.39, 0.29) is 17.8 Å². The van der Waals surface area contributed by atoms with E-state index in [9.17, 15) is 4.79 Å². The van der Waals surface area contributed by atoms with Crippen LogP contribution >= 0.6 is 34.8 Å². The minimum absolute atomic E-state index is 0.0477. The standard InChI is InChI=1S/C25H18Cl3N3O/c1-15(16-5-3-2-4-6-16)30-25(32)24-29-14-21(17-7-9-18(26)10-8-17)23(31-24)20-12-11-19(27)13-22(20)28/h2-15H,1H3,(H,30,32). The molecule has 0 fully saturated rings. The fourth-order valence-corrected chi connectivity index (χ4v) is 3.93. The van der Waals surface area contributed by atoms with E-state index in [2.05, 4.69) is 15.3 Å². The van der Waals surface area contributed by atoms with Crippen LogP contribution in [-0.4, -0.2) is 15.9 Å². The fraction of sp³-hybridized carbons (Fsp3) is 0.0800. The van der Waals surface area contributed by atoms with Gasteiger partial charge in [-0.15, -0.1) is 0 Å². The molecule has 32 heavy (non-hydrogen) atoms. The number of hydrogen-bond acceptors (Lipinski definition) is 3. The van der Waals surface area contributed by atoms with Crippen molar-refractivity contribution >= 4 is 40.7 Å². The van der Waals surface area contributed by atoms with E-state index in [4.69, 9.17) is 34.8 Å². The maximum absolute atomic E-state index is 12.9. The normalized spacial score (nSPS) is 11.8. The summed E-state index contributed by atoms with van der Waals surface area (Å²) in [6, 6.07) is 21.9. The van der Waals surface area contributed by atoms with Gasteiger partial charge in [-0.25, -0.2) is 9.97 Å². The zero-order valence-corrected chi connectivity index (χ0v) is 19.3. The van der Waals surface area contributed by atoms with Crippen LogP contribution in [0.25, 0.3) is 22.4 Å². The first-order valence-corrected chi connectivity index (χ1v) is 11.0. The van der Waals surface area contributed by atoms with Gasteiger partial charge < -0.3 is 5.32 Å². The van der Waals surface area contributed by atoms with Gasteiger partial charge in [0, 0.05) is 27.4 Å². The maximum Gasteiger partial charge on any atom is 0.289 e. The Kier molecular flexibility index (Phi) is 6.75. The van der Waals surface area contributed by atoms with Crippen molar-refractivity contribution in [3.63, 3.8) is 0 Å². The second kappa shape index (κ2) is 9.70. The van der Waals surface area contributed by atoms with E-state index in [1.165, 1.54) is 0 Å². The third-order valence-electron chi connectivity index (χ3n) is 4.98. The summed E-state index contributed by atoms with van der Waals surface area (Å²) < 4.78 is 0. The summed E-state index contributed by atoms with van der Waals surface area (Å²) in [7, 11) is 0. The number of nitrogens with zero attached hydrogens (tertiary/aromatic N) is 2. The third kappa shape index (κ3) is 4.94. The summed E-state index contributed by atoms with van der Waals surface area (Å²) in [6.07, 6.45) is 1.62. The molecule has 0 bridgehead atoms. The SMILES string of the molecule is CC(NC(=O)c1ncc(-c2ccc(Cl)cc2)c(-c2ccc(Cl)cc2Cl)n1)c1ccccc1. The number of aromatic nitrogens is 2. The molecule has 3 aromatic carbocycles. The first kappa shape index (κ1) is 22.3. The van der Waals surface area contributed by atoms with Crippen molar-refractivity contribution in [3.8, 4) is 22.4 Å². The molecule has 1 heterocycles. The van der Waals surface area contributed by atoms with Gasteiger partial charge in [0.1, 0.15) is 0 Å². The van der Waals surface area contributed by atoms with Crippen LogP contribution in [0.15, 0.2) is 79.0 Å². The lowest BCUT2D eigenvalue weighted by Crippen LogP contribution is -2.28. The molecule has 0 saturated carbocycles. The molecule has 7 heteroatoms. The van der Waals surface area contributed by atoms with Crippen LogP contribution in [0.5, 0.6) is 0 Å². The van der Waals surface area contributed by atoms with Gasteiger partial charge in [0.2, 0.25) is 5.82 Å². The quantitative estimate of drug-likeness (QED) is 0.325. The highest BCUT2D eigenvalue weighted by atomic mass is 35.5. The molecule has 4 aromatic rings. The molecular formula is C25H18Cl3N3O. The molecule has 1 atom stereocenters. The third-order valence-corrected chi connectivity index (χ3v) is 5.78. The highest BCUT2D eigenvalue weighted by Gasteiger charge is 2.19. The molecule has 1 amide bonds. The minimum Gasteiger partial charge on any atom is -0.343 e. The Balaban J connectivity index is 1.75. The van der Waals surface area contributed by atoms with E-state index in [0.717, 1.165) is 16.7 Å². The van der Waals surface area contributed by atoms with Crippen molar-refractivity contribution < 1.29 is 4.79 Å². The number of nitrogens with one attached hydrogen (secondary N) is 1. The van der Waals surface area contributed by atoms with Crippen LogP contribution in [0.3, 0.4) is 0 Å². The Labute approximate surface area is 201 Å². The number of rotatable bonds is 5. The van der Waals surface area contributed by atoms with Crippen LogP contribution in [0.2, 0.25) is 15.1 Å². The lowest BCUT2D eigenvalue weighted by molar-refractivity contribution is 0.0929. The van der Waals surface area contributed by atoms with Crippen molar-refractivity contribution in [1.29, 1.82) is 0 Å². The second-order valence-electron chi connectivity index (χ2n) is 7.19. The highest BCUT2D eigenvalue weighted by Crippen LogP contribution is 2.36. The highest BCUT2D eigenvalue weighted by molar-refractivity contribution is 6.36. The molecule has 1 aromatic heterocycles. The van der Waals surface area contributed by atoms with Gasteiger partial charge in [-0.05, 0) is 48.4 Å². The van der Waals surface area contributed by atoms with Crippen LogP contribution in [0.1, 0.15) is 29.1 Å². The van der Waals surface area contributed by atoms with Gasteiger partial charge >= 0.3 is 0 Å². The van der Waals surface area contributed by atoms with Crippen molar-refractivity contribution in [1.82, 2.24) is 15.3 Å². The Morgan fingerprint density at radius 3 is 2.25 bits per heavy atom. The molecule has 4 nitrogen and oxygen atoms in total. The molecule has 0 aliphatic heterocycles. The van der Waals surface area contributed by atoms with Crippen molar-refractivity contribution in [2.45, 2.75) is 13.0 Å². The second-order valence-corrected chi connectivity index (χ2v) is 8.47. The molecule has 1 unspecified atom stereocenters. The van der Waals surface area contributed by atoms with Gasteiger partial charge in [-0.2, -0.15) is 0 Å². The molecule has 0 radical (unpaired) electrons. The summed E-state index contributed by atoms with van der Waals surface area (Å²) in [5, 5.41) is 4.50. The number of halogens is 3. The average molecular weight is 483 g/mol. The molecule has 0 saturated heterocycles. The predicted octanol–water partition coefficient (Wildman–Crippen LogP) is 7.26. The number of amides is 1. The molecule has 160 valence electrons. The van der Waals surface area contributed by atoms with Crippen molar-refractivity contribution in [2.75, 3.05) is 0 Å². The van der Waals surface area contributed by atoms with Gasteiger partial charge in [0.05, 0.1) is 16.8 Å². The number of hydrogen-bond donors (Lipinski definition) is 1. The van der Waals surface area contributed by atoms with Gasteiger partial charge in [-0.1, -0.05) is 77.3 Å². The van der Waals surface area contributed by atoms with Crippen LogP contribution < -0.4 is 5.32 Å². The largest absolute Gasteiger partial charge is 0.343 e. The van der Waals surface area contributed by atoms with Crippen molar-refractivity contribution in [2.24, 2.45) is 0 Å². The Bertz CT molecular complexity index is 1260. The number of carbonyl (C=O) groups is 1. The maximum atomic E-state index is 12.9. The zero-order chi connectivity index (χ0) is 22.7. The van der Waals surface area contributed by atoms with E-state index >= 15 is 0 Å². The zero-order valence-electron chi connectivity index (χ0n) is 17.0. The Morgan fingerprint density at radius 1 is 0.875 bits per heavy atom. The van der Waals surface area contributed by atoms with Crippen LogP contribution in [0, 0.1) is 0 Å². The fourth-order valence-electron chi connectivity index (χ4n) is 3.31. The summed E-state index contributed by atoms with van der Waals surface area (Å²) in [5.41, 5.74) is 3.73. The molecule has 0 aliphatic carbocycles. The molecule has 0 aliphatic rings. The van der Waals surface area contributed by atoms with Crippen LogP contribution in [-0.2, 0) is 0 Å². The monoisotopic (exact) mass is 481 g/mol. The summed E-state index contributed by atoms with van der Waals surface area (Å²) >= 11 is 18.6. The summed E-state index contributed by atoms with van der Waals surface area (Å²) in [6.45, 7) is 1.91. The van der Waals surface area contributed by atoms with E-state index < -0.39 is 0 Å². The topological polar surface area (TPSA) is 54.9 Å². The lowest BCUT2D eigenvalue weighted by Gasteiger charge is -2.15. The average Bonchev–Trinajstić information content (AvgIpc) is 2.80. The van der Waals surface area contributed by atoms with E-state index in [0.29, 0.717) is 26.3 Å². The van der Waals surface area contributed by atoms with E-state index in [1.807, 2.05) is 49.4 Å². The number of carbonyl (C=O) groups excluding carboxylic acids is 1. The molecular weight excluding hydrogens is 465 g/mol. The van der Waals surface area contributed by atoms with Gasteiger partial charge in [0.15, 0.2) is 0 Å².